The predicted octanol–water partition coefficient (Wildman–Crippen LogP) is 5.33. The lowest BCUT2D eigenvalue weighted by molar-refractivity contribution is -0.128. The zero-order valence-corrected chi connectivity index (χ0v) is 24.2. The van der Waals surface area contributed by atoms with E-state index in [1.807, 2.05) is 36.2 Å². The van der Waals surface area contributed by atoms with Crippen molar-refractivity contribution in [3.63, 3.8) is 0 Å². The smallest absolute Gasteiger partial charge is 0.451 e. The molecule has 12 heteroatoms. The van der Waals surface area contributed by atoms with Gasteiger partial charge in [-0.2, -0.15) is 0 Å². The van der Waals surface area contributed by atoms with Crippen LogP contribution >= 0.6 is 11.8 Å². The maximum Gasteiger partial charge on any atom is 0.511 e. The van der Waals surface area contributed by atoms with Gasteiger partial charge in [0.05, 0.1) is 12.6 Å². The summed E-state index contributed by atoms with van der Waals surface area (Å²) in [6, 6.07) is 11.0. The predicted molar refractivity (Wildman–Crippen MR) is 152 cm³/mol. The van der Waals surface area contributed by atoms with Crippen molar-refractivity contribution in [3.8, 4) is 5.75 Å². The number of hydrogen-bond donors (Lipinski definition) is 0. The number of aromatic nitrogens is 1. The number of carbonyl (C=O) groups excluding carboxylic acids is 2. The normalized spacial score (nSPS) is 23.2. The van der Waals surface area contributed by atoms with E-state index in [0.29, 0.717) is 17.9 Å². The first-order valence-corrected chi connectivity index (χ1v) is 15.3. The highest BCUT2D eigenvalue weighted by Gasteiger charge is 2.63. The van der Waals surface area contributed by atoms with Crippen molar-refractivity contribution in [1.29, 1.82) is 0 Å². The molecule has 0 N–H and O–H groups in total. The molecule has 1 amide bonds. The van der Waals surface area contributed by atoms with Gasteiger partial charge < -0.3 is 19.1 Å². The summed E-state index contributed by atoms with van der Waals surface area (Å²) >= 11 is 1.42. The molecule has 0 unspecified atom stereocenters. The molecule has 3 saturated carbocycles. The Morgan fingerprint density at radius 3 is 2.58 bits per heavy atom. The average molecular weight is 610 g/mol. The lowest BCUT2D eigenvalue weighted by atomic mass is 9.49. The summed E-state index contributed by atoms with van der Waals surface area (Å²) in [6.07, 6.45) is 3.74. The second-order valence-electron chi connectivity index (χ2n) is 11.4. The van der Waals surface area contributed by atoms with E-state index in [1.54, 1.807) is 15.6 Å². The van der Waals surface area contributed by atoms with Crippen LogP contribution in [0.15, 0.2) is 58.4 Å². The molecular weight excluding hydrogens is 580 g/mol. The molecule has 43 heavy (non-hydrogen) atoms. The van der Waals surface area contributed by atoms with E-state index >= 15 is 4.39 Å². The Bertz CT molecular complexity index is 1680. The maximum absolute atomic E-state index is 15.3. The number of halogens is 2. The topological polar surface area (TPSA) is 90.3 Å². The van der Waals surface area contributed by atoms with Crippen molar-refractivity contribution in [2.75, 3.05) is 25.1 Å². The fourth-order valence-corrected chi connectivity index (χ4v) is 7.76. The lowest BCUT2D eigenvalue weighted by Crippen LogP contribution is -2.73. The van der Waals surface area contributed by atoms with Gasteiger partial charge >= 0.3 is 6.16 Å². The molecular formula is C31H29F2N3O6S. The van der Waals surface area contributed by atoms with Gasteiger partial charge in [-0.3, -0.25) is 19.3 Å². The molecule has 8 rings (SSSR count). The molecule has 0 spiro atoms. The second-order valence-corrected chi connectivity index (χ2v) is 12.4. The van der Waals surface area contributed by atoms with E-state index in [2.05, 4.69) is 0 Å². The van der Waals surface area contributed by atoms with Gasteiger partial charge in [0.2, 0.25) is 18.0 Å². The zero-order valence-electron chi connectivity index (χ0n) is 23.4. The Labute approximate surface area is 250 Å². The van der Waals surface area contributed by atoms with E-state index in [9.17, 15) is 18.8 Å². The third-order valence-electron chi connectivity index (χ3n) is 8.84. The van der Waals surface area contributed by atoms with Crippen LogP contribution in [0.5, 0.6) is 5.75 Å². The highest BCUT2D eigenvalue weighted by atomic mass is 32.2. The number of ether oxygens (including phenoxy) is 3. The SMILES string of the molecule is CCCOC(=O)OCOc1c2n(ccc1=O)N([C@@H]1c3ccccc3SCc3c1ccc(F)c3F)CN(C13CC(C1)C3)C2=O. The van der Waals surface area contributed by atoms with Gasteiger partial charge in [0.1, 0.15) is 6.67 Å². The van der Waals surface area contributed by atoms with E-state index < -0.39 is 36.1 Å². The molecule has 9 nitrogen and oxygen atoms in total. The van der Waals surface area contributed by atoms with Crippen molar-refractivity contribution in [1.82, 2.24) is 9.58 Å². The van der Waals surface area contributed by atoms with E-state index in [4.69, 9.17) is 14.2 Å². The van der Waals surface area contributed by atoms with Gasteiger partial charge in [0.15, 0.2) is 17.3 Å². The number of pyridine rings is 1. The van der Waals surface area contributed by atoms with Crippen LogP contribution in [0.4, 0.5) is 13.6 Å². The molecule has 3 aromatic rings. The number of nitrogens with zero attached hydrogens (tertiary/aromatic N) is 3. The summed E-state index contributed by atoms with van der Waals surface area (Å²) in [4.78, 5) is 41.9. The molecule has 3 aliphatic carbocycles. The molecule has 2 bridgehead atoms. The van der Waals surface area contributed by atoms with Crippen LogP contribution in [-0.2, 0) is 15.2 Å². The summed E-state index contributed by atoms with van der Waals surface area (Å²) < 4.78 is 47.0. The summed E-state index contributed by atoms with van der Waals surface area (Å²) in [5.41, 5.74) is 0.751. The van der Waals surface area contributed by atoms with E-state index in [-0.39, 0.29) is 47.5 Å². The Morgan fingerprint density at radius 2 is 1.84 bits per heavy atom. The molecule has 0 radical (unpaired) electrons. The minimum Gasteiger partial charge on any atom is -0.451 e. The van der Waals surface area contributed by atoms with Gasteiger partial charge in [-0.15, -0.1) is 11.8 Å². The molecule has 0 saturated heterocycles. The van der Waals surface area contributed by atoms with Gasteiger partial charge in [0.25, 0.3) is 5.91 Å². The molecule has 1 aromatic heterocycles. The van der Waals surface area contributed by atoms with Gasteiger partial charge in [0, 0.05) is 34.0 Å². The summed E-state index contributed by atoms with van der Waals surface area (Å²) in [5, 5.41) is 1.90. The molecule has 1 atom stereocenters. The van der Waals surface area contributed by atoms with Gasteiger partial charge in [-0.1, -0.05) is 31.2 Å². The summed E-state index contributed by atoms with van der Waals surface area (Å²) in [7, 11) is 0. The highest BCUT2D eigenvalue weighted by molar-refractivity contribution is 7.98. The second kappa shape index (κ2) is 10.6. The Balaban J connectivity index is 1.36. The van der Waals surface area contributed by atoms with E-state index in [0.717, 1.165) is 35.8 Å². The molecule has 2 aromatic carbocycles. The Morgan fingerprint density at radius 1 is 1.05 bits per heavy atom. The fourth-order valence-electron chi connectivity index (χ4n) is 6.65. The molecule has 224 valence electrons. The van der Waals surface area contributed by atoms with Crippen LogP contribution in [0.1, 0.15) is 65.8 Å². The summed E-state index contributed by atoms with van der Waals surface area (Å²) in [6.45, 7) is 1.53. The lowest BCUT2D eigenvalue weighted by Gasteiger charge is -2.67. The number of thioether (sulfide) groups is 1. The zero-order chi connectivity index (χ0) is 29.9. The monoisotopic (exact) mass is 609 g/mol. The van der Waals surface area contributed by atoms with Crippen molar-refractivity contribution in [3.05, 3.63) is 92.9 Å². The Hall–Kier alpha value is -4.06. The third kappa shape index (κ3) is 4.45. The van der Waals surface area contributed by atoms with Gasteiger partial charge in [-0.05, 0) is 54.9 Å². The van der Waals surface area contributed by atoms with Crippen LogP contribution in [0, 0.1) is 17.6 Å². The molecule has 2 aliphatic heterocycles. The first-order chi connectivity index (χ1) is 20.8. The van der Waals surface area contributed by atoms with Gasteiger partial charge in [-0.25, -0.2) is 13.6 Å². The number of hydrogen-bond acceptors (Lipinski definition) is 8. The van der Waals surface area contributed by atoms with Crippen LogP contribution < -0.4 is 15.2 Å². The number of benzene rings is 2. The van der Waals surface area contributed by atoms with Crippen molar-refractivity contribution < 1.29 is 32.6 Å². The minimum absolute atomic E-state index is 0.0208. The van der Waals surface area contributed by atoms with Crippen molar-refractivity contribution in [2.45, 2.75) is 54.8 Å². The minimum atomic E-state index is -0.950. The quantitative estimate of drug-likeness (QED) is 0.263. The largest absolute Gasteiger partial charge is 0.511 e. The van der Waals surface area contributed by atoms with Crippen LogP contribution in [-0.4, -0.2) is 47.2 Å². The van der Waals surface area contributed by atoms with Crippen LogP contribution in [0.25, 0.3) is 0 Å². The summed E-state index contributed by atoms with van der Waals surface area (Å²) in [5.74, 6) is -1.68. The molecule has 3 fully saturated rings. The number of fused-ring (bicyclic) bond motifs is 3. The molecule has 5 aliphatic rings. The van der Waals surface area contributed by atoms with Crippen LogP contribution in [0.3, 0.4) is 0 Å². The molecule has 3 heterocycles. The maximum atomic E-state index is 15.3. The van der Waals surface area contributed by atoms with E-state index in [1.165, 1.54) is 24.0 Å². The Kier molecular flexibility index (Phi) is 6.83. The van der Waals surface area contributed by atoms with Crippen LogP contribution in [0.2, 0.25) is 0 Å². The fraction of sp³-hybridized carbons (Fsp3) is 0.387. The third-order valence-corrected chi connectivity index (χ3v) is 9.95. The number of carbonyl (C=O) groups is 2. The first kappa shape index (κ1) is 27.8. The average Bonchev–Trinajstić information content (AvgIpc) is 3.12. The van der Waals surface area contributed by atoms with Crippen molar-refractivity contribution in [2.24, 2.45) is 5.92 Å². The number of rotatable bonds is 7. The first-order valence-electron chi connectivity index (χ1n) is 14.3. The standard InChI is InChI=1S/C31H29F2N3O6S/c1-2-11-40-30(39)42-17-41-28-23(37)9-10-35-27(28)29(38)34(31-12-18(13-31)14-31)16-36(35)26-19-7-8-22(32)25(33)21(19)15-43-24-6-4-3-5-20(24)26/h3-10,18,26H,2,11-17H2,1H3/t18?,26-,31?/m0/s1. The highest BCUT2D eigenvalue weighted by Crippen LogP contribution is 2.61. The number of amides is 1. The van der Waals surface area contributed by atoms with Crippen molar-refractivity contribution >= 4 is 23.8 Å².